The highest BCUT2D eigenvalue weighted by Crippen LogP contribution is 1.97. The molecule has 0 aliphatic carbocycles. The first-order valence-electron chi connectivity index (χ1n) is 4.98. The molecular formula is C11H17NO3. The minimum Gasteiger partial charge on any atom is -0.349 e. The molecule has 4 nitrogen and oxygen atoms in total. The molecule has 0 atom stereocenters. The summed E-state index contributed by atoms with van der Waals surface area (Å²) in [5, 5.41) is 2.47. The van der Waals surface area contributed by atoms with Gasteiger partial charge in [-0.25, -0.2) is 0 Å². The van der Waals surface area contributed by atoms with Crippen LogP contribution in [0.25, 0.3) is 0 Å². The molecule has 0 fully saturated rings. The van der Waals surface area contributed by atoms with Gasteiger partial charge in [0.15, 0.2) is 5.78 Å². The largest absolute Gasteiger partial charge is 0.349 e. The quantitative estimate of drug-likeness (QED) is 0.639. The summed E-state index contributed by atoms with van der Waals surface area (Å²) in [5.41, 5.74) is 0. The second kappa shape index (κ2) is 7.91. The summed E-state index contributed by atoms with van der Waals surface area (Å²) in [6.45, 7) is 3.26. The molecule has 4 heteroatoms. The van der Waals surface area contributed by atoms with Crippen molar-refractivity contribution in [2.45, 2.75) is 33.1 Å². The minimum atomic E-state index is -0.182. The van der Waals surface area contributed by atoms with Crippen molar-refractivity contribution in [2.75, 3.05) is 6.54 Å². The van der Waals surface area contributed by atoms with E-state index in [0.717, 1.165) is 0 Å². The van der Waals surface area contributed by atoms with Crippen molar-refractivity contribution >= 4 is 17.5 Å². The normalized spacial score (nSPS) is 10.3. The van der Waals surface area contributed by atoms with E-state index >= 15 is 0 Å². The Labute approximate surface area is 89.7 Å². The molecule has 0 saturated heterocycles. The molecule has 0 unspecified atom stereocenters. The van der Waals surface area contributed by atoms with Gasteiger partial charge >= 0.3 is 0 Å². The van der Waals surface area contributed by atoms with Gasteiger partial charge in [-0.2, -0.15) is 0 Å². The Morgan fingerprint density at radius 3 is 2.40 bits per heavy atom. The highest BCUT2D eigenvalue weighted by atomic mass is 16.2. The topological polar surface area (TPSA) is 63.2 Å². The fraction of sp³-hybridized carbons (Fsp3) is 0.545. The fourth-order valence-electron chi connectivity index (χ4n) is 1.00. The number of nitrogens with one attached hydrogen (secondary N) is 1. The van der Waals surface area contributed by atoms with Crippen LogP contribution in [-0.4, -0.2) is 24.0 Å². The van der Waals surface area contributed by atoms with Gasteiger partial charge in [0.05, 0.1) is 6.54 Å². The van der Waals surface area contributed by atoms with Crippen LogP contribution in [0.1, 0.15) is 33.1 Å². The number of ketones is 2. The zero-order chi connectivity index (χ0) is 11.7. The molecular weight excluding hydrogens is 194 g/mol. The first-order valence-corrected chi connectivity index (χ1v) is 4.98. The predicted molar refractivity (Wildman–Crippen MR) is 57.4 cm³/mol. The highest BCUT2D eigenvalue weighted by molar-refractivity contribution is 5.90. The molecule has 0 spiro atoms. The van der Waals surface area contributed by atoms with E-state index in [1.54, 1.807) is 13.0 Å². The molecule has 0 rings (SSSR count). The van der Waals surface area contributed by atoms with Crippen LogP contribution in [0.3, 0.4) is 0 Å². The smallest absolute Gasteiger partial charge is 0.220 e. The summed E-state index contributed by atoms with van der Waals surface area (Å²) in [7, 11) is 0. The van der Waals surface area contributed by atoms with Gasteiger partial charge in [0.1, 0.15) is 5.78 Å². The third kappa shape index (κ3) is 8.87. The van der Waals surface area contributed by atoms with Gasteiger partial charge in [-0.05, 0) is 26.3 Å². The molecule has 0 bridgehead atoms. The maximum absolute atomic E-state index is 11.1. The summed E-state index contributed by atoms with van der Waals surface area (Å²) in [6.07, 6.45) is 4.35. The molecule has 0 heterocycles. The van der Waals surface area contributed by atoms with Gasteiger partial charge in [-0.3, -0.25) is 14.4 Å². The first-order chi connectivity index (χ1) is 7.06. The van der Waals surface area contributed by atoms with Crippen LogP contribution >= 0.6 is 0 Å². The van der Waals surface area contributed by atoms with Crippen LogP contribution in [0.4, 0.5) is 0 Å². The number of allylic oxidation sites excluding steroid dienone is 2. The van der Waals surface area contributed by atoms with Crippen molar-refractivity contribution in [3.05, 3.63) is 12.2 Å². The number of rotatable bonds is 7. The third-order valence-electron chi connectivity index (χ3n) is 1.71. The van der Waals surface area contributed by atoms with E-state index in [9.17, 15) is 14.4 Å². The average molecular weight is 211 g/mol. The molecule has 0 aromatic carbocycles. The lowest BCUT2D eigenvalue weighted by Crippen LogP contribution is -2.27. The van der Waals surface area contributed by atoms with Crippen LogP contribution in [0.2, 0.25) is 0 Å². The molecule has 0 aliphatic rings. The molecule has 84 valence electrons. The Bertz CT molecular complexity index is 269. The number of hydrogen-bond acceptors (Lipinski definition) is 3. The number of carbonyl (C=O) groups is 3. The maximum Gasteiger partial charge on any atom is 0.220 e. The lowest BCUT2D eigenvalue weighted by molar-refractivity contribution is -0.124. The molecule has 0 aliphatic heterocycles. The molecule has 15 heavy (non-hydrogen) atoms. The minimum absolute atomic E-state index is 0.0249. The lowest BCUT2D eigenvalue weighted by atomic mass is 10.1. The molecule has 0 aromatic heterocycles. The van der Waals surface area contributed by atoms with Gasteiger partial charge in [0, 0.05) is 12.8 Å². The van der Waals surface area contributed by atoms with E-state index < -0.39 is 0 Å². The van der Waals surface area contributed by atoms with Crippen LogP contribution < -0.4 is 5.32 Å². The van der Waals surface area contributed by atoms with Gasteiger partial charge in [0.2, 0.25) is 5.91 Å². The highest BCUT2D eigenvalue weighted by Gasteiger charge is 2.03. The van der Waals surface area contributed by atoms with E-state index in [0.29, 0.717) is 12.8 Å². The van der Waals surface area contributed by atoms with Gasteiger partial charge in [0.25, 0.3) is 0 Å². The number of hydrogen-bond donors (Lipinski definition) is 1. The van der Waals surface area contributed by atoms with E-state index in [1.807, 2.05) is 0 Å². The van der Waals surface area contributed by atoms with Crippen molar-refractivity contribution < 1.29 is 14.4 Å². The maximum atomic E-state index is 11.1. The summed E-state index contributed by atoms with van der Waals surface area (Å²) in [6, 6.07) is 0. The SMILES string of the molecule is C/C=C/C(=O)CCCC(=O)NCC(C)=O. The van der Waals surface area contributed by atoms with E-state index in [2.05, 4.69) is 5.32 Å². The predicted octanol–water partition coefficient (Wildman–Crippen LogP) is 1.01. The summed E-state index contributed by atoms with van der Waals surface area (Å²) < 4.78 is 0. The Morgan fingerprint density at radius 1 is 1.20 bits per heavy atom. The van der Waals surface area contributed by atoms with Crippen LogP contribution in [0.15, 0.2) is 12.2 Å². The van der Waals surface area contributed by atoms with Gasteiger partial charge in [-0.1, -0.05) is 6.08 Å². The Morgan fingerprint density at radius 2 is 1.87 bits per heavy atom. The summed E-state index contributed by atoms with van der Waals surface area (Å²) >= 11 is 0. The van der Waals surface area contributed by atoms with Crippen molar-refractivity contribution in [1.82, 2.24) is 5.32 Å². The second-order valence-corrected chi connectivity index (χ2v) is 3.30. The Hall–Kier alpha value is -1.45. The lowest BCUT2D eigenvalue weighted by Gasteiger charge is -2.01. The zero-order valence-electron chi connectivity index (χ0n) is 9.21. The molecule has 1 amide bonds. The number of amides is 1. The second-order valence-electron chi connectivity index (χ2n) is 3.30. The number of Topliss-reactive ketones (excluding diaryl/α,β-unsaturated/α-hetero) is 1. The molecule has 1 N–H and O–H groups in total. The zero-order valence-corrected chi connectivity index (χ0v) is 9.21. The van der Waals surface area contributed by atoms with E-state index in [4.69, 9.17) is 0 Å². The molecule has 0 saturated carbocycles. The van der Waals surface area contributed by atoms with Crippen molar-refractivity contribution in [2.24, 2.45) is 0 Å². The van der Waals surface area contributed by atoms with Gasteiger partial charge < -0.3 is 5.32 Å². The number of carbonyl (C=O) groups excluding carboxylic acids is 3. The van der Waals surface area contributed by atoms with Crippen LogP contribution in [-0.2, 0) is 14.4 Å². The molecule has 0 aromatic rings. The van der Waals surface area contributed by atoms with Crippen LogP contribution in [0, 0.1) is 0 Å². The van der Waals surface area contributed by atoms with Gasteiger partial charge in [-0.15, -0.1) is 0 Å². The molecule has 0 radical (unpaired) electrons. The average Bonchev–Trinajstić information content (AvgIpc) is 2.15. The Balaban J connectivity index is 3.55. The van der Waals surface area contributed by atoms with E-state index in [-0.39, 0.29) is 30.4 Å². The van der Waals surface area contributed by atoms with Crippen molar-refractivity contribution in [3.8, 4) is 0 Å². The van der Waals surface area contributed by atoms with Crippen LogP contribution in [0.5, 0.6) is 0 Å². The summed E-state index contributed by atoms with van der Waals surface area (Å²) in [4.78, 5) is 32.6. The van der Waals surface area contributed by atoms with Crippen molar-refractivity contribution in [1.29, 1.82) is 0 Å². The third-order valence-corrected chi connectivity index (χ3v) is 1.71. The summed E-state index contributed by atoms with van der Waals surface area (Å²) in [5.74, 6) is -0.233. The first kappa shape index (κ1) is 13.5. The standard InChI is InChI=1S/C11H17NO3/c1-3-5-10(14)6-4-7-11(15)12-8-9(2)13/h3,5H,4,6-8H2,1-2H3,(H,12,15)/b5-3+. The monoisotopic (exact) mass is 211 g/mol. The fourth-order valence-corrected chi connectivity index (χ4v) is 1.00. The Kier molecular flexibility index (Phi) is 7.14. The van der Waals surface area contributed by atoms with Crippen molar-refractivity contribution in [3.63, 3.8) is 0 Å². The van der Waals surface area contributed by atoms with E-state index in [1.165, 1.54) is 13.0 Å².